The van der Waals surface area contributed by atoms with Gasteiger partial charge >= 0.3 is 0 Å². The first-order valence-electron chi connectivity index (χ1n) is 20.0. The number of rotatable bonds is 11. The molecule has 0 aromatic heterocycles. The second-order valence-electron chi connectivity index (χ2n) is 16.1. The molecule has 5 nitrogen and oxygen atoms in total. The van der Waals surface area contributed by atoms with Crippen molar-refractivity contribution >= 4 is 29.1 Å². The molecule has 0 bridgehead atoms. The van der Waals surface area contributed by atoms with Crippen molar-refractivity contribution in [1.82, 2.24) is 9.80 Å². The molecular weight excluding hydrogens is 773 g/mol. The van der Waals surface area contributed by atoms with Crippen LogP contribution < -0.4 is 9.47 Å². The first-order chi connectivity index (χ1) is 26.7. The monoisotopic (exact) mass is 836 g/mol. The maximum absolute atomic E-state index is 13.5. The molecule has 2 atom stereocenters. The number of benzene rings is 4. The van der Waals surface area contributed by atoms with Crippen LogP contribution in [-0.4, -0.2) is 61.6 Å². The van der Waals surface area contributed by atoms with E-state index in [1.807, 2.05) is 41.3 Å². The summed E-state index contributed by atoms with van der Waals surface area (Å²) in [7, 11) is 0. The van der Waals surface area contributed by atoms with Crippen LogP contribution in [0.5, 0.6) is 11.5 Å². The van der Waals surface area contributed by atoms with E-state index >= 15 is 0 Å². The summed E-state index contributed by atoms with van der Waals surface area (Å²) in [5.74, 6) is 2.00. The maximum Gasteiger partial charge on any atom is 0.233 e. The topological polar surface area (TPSA) is 42.0 Å². The minimum atomic E-state index is -0.385. The van der Waals surface area contributed by atoms with Crippen LogP contribution in [0.3, 0.4) is 0 Å². The third-order valence-electron chi connectivity index (χ3n) is 12.3. The zero-order chi connectivity index (χ0) is 38.3. The van der Waals surface area contributed by atoms with E-state index in [4.69, 9.17) is 32.7 Å². The highest BCUT2D eigenvalue weighted by Gasteiger charge is 2.48. The molecule has 0 unspecified atom stereocenters. The van der Waals surface area contributed by atoms with E-state index in [-0.39, 0.29) is 45.2 Å². The Bertz CT molecular complexity index is 1830. The van der Waals surface area contributed by atoms with E-state index in [0.717, 1.165) is 74.6 Å². The molecule has 316 valence electrons. The molecule has 4 aromatic rings. The van der Waals surface area contributed by atoms with Gasteiger partial charge in [0.15, 0.2) is 0 Å². The van der Waals surface area contributed by atoms with Crippen molar-refractivity contribution in [1.29, 1.82) is 0 Å². The summed E-state index contributed by atoms with van der Waals surface area (Å²) in [5, 5.41) is 1.51. The lowest BCUT2D eigenvalue weighted by Gasteiger charge is -2.47. The highest BCUT2D eigenvalue weighted by atomic mass is 35.5. The van der Waals surface area contributed by atoms with E-state index in [9.17, 15) is 13.6 Å². The highest BCUT2D eigenvalue weighted by Crippen LogP contribution is 2.47. The molecule has 8 rings (SSSR count). The van der Waals surface area contributed by atoms with Gasteiger partial charge in [-0.2, -0.15) is 0 Å². The van der Waals surface area contributed by atoms with Crippen LogP contribution in [0.4, 0.5) is 8.78 Å². The van der Waals surface area contributed by atoms with Gasteiger partial charge in [0.05, 0.1) is 18.6 Å². The Hall–Kier alpha value is -3.65. The molecule has 0 N–H and O–H groups in total. The van der Waals surface area contributed by atoms with E-state index in [1.165, 1.54) is 68.5 Å². The van der Waals surface area contributed by atoms with Crippen molar-refractivity contribution in [2.24, 2.45) is 11.8 Å². The predicted octanol–water partition coefficient (Wildman–Crippen LogP) is 12.8. The van der Waals surface area contributed by atoms with Gasteiger partial charge in [-0.3, -0.25) is 4.79 Å². The number of likely N-dealkylation sites (tertiary alicyclic amines) is 2. The molecule has 4 aromatic carbocycles. The predicted molar refractivity (Wildman–Crippen MR) is 236 cm³/mol. The summed E-state index contributed by atoms with van der Waals surface area (Å²) in [6.07, 6.45) is 11.2. The first-order valence-corrected chi connectivity index (χ1v) is 20.8. The lowest BCUT2D eigenvalue weighted by atomic mass is 9.63. The number of hydrogen-bond acceptors (Lipinski definition) is 4. The molecule has 2 saturated carbocycles. The maximum atomic E-state index is 13.5. The summed E-state index contributed by atoms with van der Waals surface area (Å²) in [6.45, 7) is 6.15. The molecule has 4 fully saturated rings. The molecule has 2 heterocycles. The summed E-state index contributed by atoms with van der Waals surface area (Å²) < 4.78 is 37.8. The van der Waals surface area contributed by atoms with Crippen molar-refractivity contribution in [3.05, 3.63) is 130 Å². The van der Waals surface area contributed by atoms with E-state index in [1.54, 1.807) is 24.3 Å². The summed E-state index contributed by atoms with van der Waals surface area (Å²) in [4.78, 5) is 18.1. The van der Waals surface area contributed by atoms with Crippen LogP contribution in [0.2, 0.25) is 10.0 Å². The third-order valence-corrected chi connectivity index (χ3v) is 12.8. The number of ether oxygens (including phenoxy) is 2. The third kappa shape index (κ3) is 11.5. The van der Waals surface area contributed by atoms with Crippen LogP contribution in [0.1, 0.15) is 97.6 Å². The molecule has 1 amide bonds. The Morgan fingerprint density at radius 1 is 0.603 bits per heavy atom. The van der Waals surface area contributed by atoms with Gasteiger partial charge in [0, 0.05) is 53.5 Å². The first kappa shape index (κ1) is 47.0. The number of carbonyl (C=O) groups excluding carboxylic acids is 1. The molecule has 2 saturated heterocycles. The van der Waals surface area contributed by atoms with Gasteiger partial charge < -0.3 is 19.3 Å². The molecule has 4 aliphatic rings. The molecule has 58 heavy (non-hydrogen) atoms. The van der Waals surface area contributed by atoms with Gasteiger partial charge in [-0.05, 0) is 142 Å². The minimum Gasteiger partial charge on any atom is -0.493 e. The van der Waals surface area contributed by atoms with Crippen molar-refractivity contribution in [3.63, 3.8) is 0 Å². The standard InChI is InChI=1S/C23H25ClFNO2.C23H27ClFNO.3CH4/c24-19-6-4-18(5-7-19)23(12-2-13-23)22(27)26-14-1-3-17(15-26)16-28-21-10-8-20(25)9-11-21;24-20-6-4-19(5-7-20)23(12-2-13-23)17-26-14-1-3-18(15-26)16-27-22-10-8-21(25)9-11-22;;;/h4-11,17H,1-3,12-16H2;4-11,18H,1-3,12-17H2;3*1H4/t17-;18-;;;/m11.../s1. The van der Waals surface area contributed by atoms with E-state index < -0.39 is 0 Å². The van der Waals surface area contributed by atoms with Crippen molar-refractivity contribution in [3.8, 4) is 11.5 Å². The lowest BCUT2D eigenvalue weighted by molar-refractivity contribution is -0.143. The largest absolute Gasteiger partial charge is 0.493 e. The van der Waals surface area contributed by atoms with E-state index in [2.05, 4.69) is 17.0 Å². The van der Waals surface area contributed by atoms with Gasteiger partial charge in [0.2, 0.25) is 5.91 Å². The fourth-order valence-electron chi connectivity index (χ4n) is 8.91. The SMILES string of the molecule is C.C.C.Fc1ccc(OC[C@@H]2CCCN(CC3(c4ccc(Cl)cc4)CCC3)C2)cc1.O=C(N1CCC[C@@H](COc2ccc(F)cc2)C1)C1(c2ccc(Cl)cc2)CCC1. The van der Waals surface area contributed by atoms with Gasteiger partial charge in [0.25, 0.3) is 0 Å². The fourth-order valence-corrected chi connectivity index (χ4v) is 9.16. The van der Waals surface area contributed by atoms with Crippen LogP contribution in [-0.2, 0) is 15.6 Å². The van der Waals surface area contributed by atoms with Crippen LogP contribution >= 0.6 is 23.2 Å². The van der Waals surface area contributed by atoms with E-state index in [0.29, 0.717) is 41.2 Å². The number of amides is 1. The highest BCUT2D eigenvalue weighted by molar-refractivity contribution is 6.30. The molecule has 2 aliphatic heterocycles. The van der Waals surface area contributed by atoms with Crippen LogP contribution in [0, 0.1) is 23.5 Å². The van der Waals surface area contributed by atoms with Gasteiger partial charge in [-0.1, -0.05) is 82.6 Å². The molecule has 0 spiro atoms. The number of piperidine rings is 2. The van der Waals surface area contributed by atoms with Crippen LogP contribution in [0.25, 0.3) is 0 Å². The number of hydrogen-bond donors (Lipinski definition) is 0. The smallest absolute Gasteiger partial charge is 0.233 e. The Morgan fingerprint density at radius 3 is 1.53 bits per heavy atom. The Balaban J connectivity index is 0.000000244. The fraction of sp³-hybridized carbons (Fsp3) is 0.490. The average molecular weight is 838 g/mol. The summed E-state index contributed by atoms with van der Waals surface area (Å²) in [6, 6.07) is 28.6. The Kier molecular flexibility index (Phi) is 17.5. The molecule has 2 aliphatic carbocycles. The normalized spacial score (nSPS) is 20.5. The zero-order valence-electron chi connectivity index (χ0n) is 31.5. The van der Waals surface area contributed by atoms with Gasteiger partial charge in [0.1, 0.15) is 23.1 Å². The zero-order valence-corrected chi connectivity index (χ0v) is 33.1. The Labute approximate surface area is 357 Å². The van der Waals surface area contributed by atoms with Crippen LogP contribution in [0.15, 0.2) is 97.1 Å². The number of halogens is 4. The summed E-state index contributed by atoms with van der Waals surface area (Å²) in [5.41, 5.74) is 2.43. The van der Waals surface area contributed by atoms with Gasteiger partial charge in [-0.15, -0.1) is 0 Å². The molecular formula is C49H64Cl2F2N2O3. The number of nitrogens with zero attached hydrogens (tertiary/aromatic N) is 2. The second kappa shape index (κ2) is 21.6. The number of carbonyl (C=O) groups is 1. The van der Waals surface area contributed by atoms with Crippen molar-refractivity contribution in [2.45, 2.75) is 97.3 Å². The van der Waals surface area contributed by atoms with Crippen molar-refractivity contribution in [2.75, 3.05) is 45.9 Å². The minimum absolute atomic E-state index is 0. The molecule has 9 heteroatoms. The lowest BCUT2D eigenvalue weighted by Crippen LogP contribution is -2.54. The van der Waals surface area contributed by atoms with Crippen molar-refractivity contribution < 1.29 is 23.0 Å². The second-order valence-corrected chi connectivity index (χ2v) is 17.0. The van der Waals surface area contributed by atoms with Gasteiger partial charge in [-0.25, -0.2) is 8.78 Å². The quantitative estimate of drug-likeness (QED) is 0.151. The summed E-state index contributed by atoms with van der Waals surface area (Å²) >= 11 is 12.1. The Morgan fingerprint density at radius 2 is 1.07 bits per heavy atom. The molecule has 0 radical (unpaired) electrons. The average Bonchev–Trinajstić information content (AvgIpc) is 3.17.